The molecule has 1 aromatic carbocycles. The third-order valence-corrected chi connectivity index (χ3v) is 2.47. The van der Waals surface area contributed by atoms with E-state index in [9.17, 15) is 4.79 Å². The largest absolute Gasteiger partial charge is 0.398 e. The zero-order valence-corrected chi connectivity index (χ0v) is 7.19. The predicted octanol–water partition coefficient (Wildman–Crippen LogP) is 2.05. The minimum atomic E-state index is 0.173. The van der Waals surface area contributed by atoms with Crippen LogP contribution in [0.5, 0.6) is 0 Å². The first-order chi connectivity index (χ1) is 5.68. The van der Waals surface area contributed by atoms with Crippen molar-refractivity contribution in [3.8, 4) is 0 Å². The molecule has 0 heterocycles. The second-order valence-electron chi connectivity index (χ2n) is 2.95. The molecule has 0 unspecified atom stereocenters. The number of carbonyl (C=O) groups excluding carboxylic acids is 1. The quantitative estimate of drug-likeness (QED) is 0.623. The Balaban J connectivity index is 2.63. The first-order valence-electron chi connectivity index (χ1n) is 3.79. The van der Waals surface area contributed by atoms with E-state index in [1.165, 1.54) is 0 Å². The summed E-state index contributed by atoms with van der Waals surface area (Å²) in [5, 5.41) is 0.476. The molecule has 0 bridgehead atoms. The van der Waals surface area contributed by atoms with Gasteiger partial charge < -0.3 is 5.73 Å². The van der Waals surface area contributed by atoms with Gasteiger partial charge >= 0.3 is 0 Å². The molecule has 0 saturated carbocycles. The number of carbonyl (C=O) groups is 1. The van der Waals surface area contributed by atoms with Crippen molar-refractivity contribution in [2.75, 3.05) is 5.73 Å². The molecule has 2 rings (SSSR count). The number of fused-ring (bicyclic) bond motifs is 1. The Labute approximate surface area is 75.3 Å². The van der Waals surface area contributed by atoms with E-state index in [-0.39, 0.29) is 5.78 Å². The van der Waals surface area contributed by atoms with Crippen molar-refractivity contribution in [3.63, 3.8) is 0 Å². The molecule has 0 aliphatic heterocycles. The van der Waals surface area contributed by atoms with Crippen molar-refractivity contribution < 1.29 is 4.79 Å². The molecule has 1 aromatic rings. The van der Waals surface area contributed by atoms with Gasteiger partial charge in [0.1, 0.15) is 0 Å². The Morgan fingerprint density at radius 1 is 1.33 bits per heavy atom. The highest BCUT2D eigenvalue weighted by Crippen LogP contribution is 2.29. The molecular formula is C9H8ClNO. The van der Waals surface area contributed by atoms with Crippen LogP contribution in [0.3, 0.4) is 0 Å². The molecule has 62 valence electrons. The second-order valence-corrected chi connectivity index (χ2v) is 3.36. The highest BCUT2D eigenvalue weighted by molar-refractivity contribution is 6.33. The summed E-state index contributed by atoms with van der Waals surface area (Å²) in [5.74, 6) is 0.173. The number of hydrogen-bond acceptors (Lipinski definition) is 2. The van der Waals surface area contributed by atoms with E-state index >= 15 is 0 Å². The zero-order chi connectivity index (χ0) is 8.72. The van der Waals surface area contributed by atoms with Crippen molar-refractivity contribution in [1.29, 1.82) is 0 Å². The summed E-state index contributed by atoms with van der Waals surface area (Å²) < 4.78 is 0. The molecule has 0 amide bonds. The highest BCUT2D eigenvalue weighted by Gasteiger charge is 2.20. The van der Waals surface area contributed by atoms with Gasteiger partial charge in [-0.25, -0.2) is 0 Å². The smallest absolute Gasteiger partial charge is 0.163 e. The van der Waals surface area contributed by atoms with Gasteiger partial charge in [-0.05, 0) is 24.1 Å². The Bertz CT molecular complexity index is 360. The van der Waals surface area contributed by atoms with Gasteiger partial charge in [0.15, 0.2) is 5.78 Å². The maximum atomic E-state index is 11.2. The van der Waals surface area contributed by atoms with Gasteiger partial charge in [0.05, 0.1) is 10.7 Å². The van der Waals surface area contributed by atoms with Crippen LogP contribution >= 0.6 is 11.6 Å². The lowest BCUT2D eigenvalue weighted by atomic mass is 10.1. The van der Waals surface area contributed by atoms with E-state index in [1.54, 1.807) is 12.1 Å². The number of anilines is 1. The summed E-state index contributed by atoms with van der Waals surface area (Å²) in [6.45, 7) is 0. The SMILES string of the molecule is Nc1cc2c(cc1Cl)C(=O)CC2. The van der Waals surface area contributed by atoms with Crippen LogP contribution < -0.4 is 5.73 Å². The number of halogens is 1. The lowest BCUT2D eigenvalue weighted by Gasteiger charge is -2.01. The van der Waals surface area contributed by atoms with Crippen LogP contribution in [-0.2, 0) is 6.42 Å². The molecule has 3 heteroatoms. The third kappa shape index (κ3) is 0.994. The fourth-order valence-corrected chi connectivity index (χ4v) is 1.65. The summed E-state index contributed by atoms with van der Waals surface area (Å²) >= 11 is 5.78. The number of ketones is 1. The van der Waals surface area contributed by atoms with Crippen molar-refractivity contribution in [3.05, 3.63) is 28.3 Å². The average molecular weight is 182 g/mol. The molecule has 1 aliphatic rings. The van der Waals surface area contributed by atoms with Crippen LogP contribution in [0, 0.1) is 0 Å². The molecule has 0 aromatic heterocycles. The number of aryl methyl sites for hydroxylation is 1. The van der Waals surface area contributed by atoms with E-state index < -0.39 is 0 Å². The van der Waals surface area contributed by atoms with Gasteiger partial charge in [-0.3, -0.25) is 4.79 Å². The maximum absolute atomic E-state index is 11.2. The number of nitrogen functional groups attached to an aromatic ring is 1. The number of rotatable bonds is 0. The highest BCUT2D eigenvalue weighted by atomic mass is 35.5. The van der Waals surface area contributed by atoms with Crippen LogP contribution in [0.1, 0.15) is 22.3 Å². The Kier molecular flexibility index (Phi) is 1.58. The monoisotopic (exact) mass is 181 g/mol. The van der Waals surface area contributed by atoms with Gasteiger partial charge in [0.2, 0.25) is 0 Å². The zero-order valence-electron chi connectivity index (χ0n) is 6.43. The fraction of sp³-hybridized carbons (Fsp3) is 0.222. The van der Waals surface area contributed by atoms with Gasteiger partial charge in [-0.2, -0.15) is 0 Å². The van der Waals surface area contributed by atoms with E-state index in [0.717, 1.165) is 17.5 Å². The van der Waals surface area contributed by atoms with Crippen molar-refractivity contribution >= 4 is 23.1 Å². The van der Waals surface area contributed by atoms with E-state index in [1.807, 2.05) is 0 Å². The normalized spacial score (nSPS) is 14.9. The summed E-state index contributed by atoms with van der Waals surface area (Å²) in [6.07, 6.45) is 1.39. The molecule has 0 atom stereocenters. The van der Waals surface area contributed by atoms with Crippen LogP contribution in [0.2, 0.25) is 5.02 Å². The first-order valence-corrected chi connectivity index (χ1v) is 4.17. The second kappa shape index (κ2) is 2.49. The van der Waals surface area contributed by atoms with Gasteiger partial charge in [0.25, 0.3) is 0 Å². The van der Waals surface area contributed by atoms with Crippen LogP contribution in [0.15, 0.2) is 12.1 Å². The Morgan fingerprint density at radius 3 is 2.83 bits per heavy atom. The minimum absolute atomic E-state index is 0.173. The van der Waals surface area contributed by atoms with Gasteiger partial charge in [0, 0.05) is 12.0 Å². The fourth-order valence-electron chi connectivity index (χ4n) is 1.49. The third-order valence-electron chi connectivity index (χ3n) is 2.14. The van der Waals surface area contributed by atoms with Crippen molar-refractivity contribution in [1.82, 2.24) is 0 Å². The number of hydrogen-bond donors (Lipinski definition) is 1. The van der Waals surface area contributed by atoms with Gasteiger partial charge in [-0.1, -0.05) is 11.6 Å². The van der Waals surface area contributed by atoms with E-state index in [4.69, 9.17) is 17.3 Å². The van der Waals surface area contributed by atoms with Crippen LogP contribution in [0.25, 0.3) is 0 Å². The molecule has 0 radical (unpaired) electrons. The summed E-state index contributed by atoms with van der Waals surface area (Å²) in [7, 11) is 0. The lowest BCUT2D eigenvalue weighted by molar-refractivity contribution is 0.0994. The predicted molar refractivity (Wildman–Crippen MR) is 48.5 cm³/mol. The topological polar surface area (TPSA) is 43.1 Å². The molecular weight excluding hydrogens is 174 g/mol. The number of nitrogens with two attached hydrogens (primary N) is 1. The molecule has 0 saturated heterocycles. The summed E-state index contributed by atoms with van der Waals surface area (Å²) in [5.41, 5.74) is 7.93. The lowest BCUT2D eigenvalue weighted by Crippen LogP contribution is -1.93. The summed E-state index contributed by atoms with van der Waals surface area (Å²) in [4.78, 5) is 11.2. The maximum Gasteiger partial charge on any atom is 0.163 e. The van der Waals surface area contributed by atoms with E-state index in [2.05, 4.69) is 0 Å². The molecule has 2 nitrogen and oxygen atoms in total. The van der Waals surface area contributed by atoms with Crippen molar-refractivity contribution in [2.24, 2.45) is 0 Å². The van der Waals surface area contributed by atoms with Crippen molar-refractivity contribution in [2.45, 2.75) is 12.8 Å². The van der Waals surface area contributed by atoms with Crippen LogP contribution in [0.4, 0.5) is 5.69 Å². The molecule has 1 aliphatic carbocycles. The molecule has 0 spiro atoms. The Morgan fingerprint density at radius 2 is 2.08 bits per heavy atom. The molecule has 2 N–H and O–H groups in total. The number of Topliss-reactive ketones (excluding diaryl/α,β-unsaturated/α-hetero) is 1. The van der Waals surface area contributed by atoms with Crippen LogP contribution in [-0.4, -0.2) is 5.78 Å². The average Bonchev–Trinajstić information content (AvgIpc) is 2.35. The standard InChI is InChI=1S/C9H8ClNO/c10-7-4-6-5(3-8(7)11)1-2-9(6)12/h3-4H,1-2,11H2. The minimum Gasteiger partial charge on any atom is -0.398 e. The molecule has 0 fully saturated rings. The first kappa shape index (κ1) is 7.62. The van der Waals surface area contributed by atoms with E-state index in [0.29, 0.717) is 17.1 Å². The Hall–Kier alpha value is -1.02. The van der Waals surface area contributed by atoms with Gasteiger partial charge in [-0.15, -0.1) is 0 Å². The number of benzene rings is 1. The summed E-state index contributed by atoms with van der Waals surface area (Å²) in [6, 6.07) is 3.46. The molecule has 12 heavy (non-hydrogen) atoms.